The fourth-order valence-electron chi connectivity index (χ4n) is 1.37. The van der Waals surface area contributed by atoms with Gasteiger partial charge in [-0.1, -0.05) is 18.2 Å². The second kappa shape index (κ2) is 5.21. The van der Waals surface area contributed by atoms with Crippen LogP contribution in [-0.2, 0) is 7.05 Å². The number of aryl methyl sites for hydroxylation is 1. The van der Waals surface area contributed by atoms with E-state index < -0.39 is 0 Å². The molecule has 0 unspecified atom stereocenters. The molecule has 0 radical (unpaired) electrons. The number of anilines is 1. The zero-order chi connectivity index (χ0) is 11.2. The van der Waals surface area contributed by atoms with Crippen molar-refractivity contribution in [1.82, 2.24) is 9.78 Å². The third-order valence-electron chi connectivity index (χ3n) is 2.13. The maximum Gasteiger partial charge on any atom is 0.148 e. The Hall–Kier alpha value is -1.97. The molecule has 1 aromatic heterocycles. The van der Waals surface area contributed by atoms with E-state index in [0.717, 1.165) is 18.1 Å². The highest BCUT2D eigenvalue weighted by Crippen LogP contribution is 2.07. The molecule has 0 atom stereocenters. The summed E-state index contributed by atoms with van der Waals surface area (Å²) in [6.45, 7) is 1.37. The fraction of sp³-hybridized carbons (Fsp3) is 0.250. The van der Waals surface area contributed by atoms with E-state index >= 15 is 0 Å². The first kappa shape index (κ1) is 10.5. The molecule has 0 aliphatic carbocycles. The molecule has 0 fully saturated rings. The summed E-state index contributed by atoms with van der Waals surface area (Å²) in [4.78, 5) is 0. The average Bonchev–Trinajstić information content (AvgIpc) is 2.72. The molecular formula is C12H15N3O. The quantitative estimate of drug-likeness (QED) is 0.778. The Labute approximate surface area is 94.9 Å². The zero-order valence-corrected chi connectivity index (χ0v) is 9.26. The molecule has 0 amide bonds. The Morgan fingerprint density at radius 1 is 1.25 bits per heavy atom. The molecule has 1 heterocycles. The van der Waals surface area contributed by atoms with Crippen molar-refractivity contribution in [2.75, 3.05) is 18.5 Å². The lowest BCUT2D eigenvalue weighted by molar-refractivity contribution is 0.332. The monoisotopic (exact) mass is 217 g/mol. The van der Waals surface area contributed by atoms with Gasteiger partial charge in [-0.2, -0.15) is 5.10 Å². The van der Waals surface area contributed by atoms with Crippen molar-refractivity contribution in [3.8, 4) is 5.75 Å². The zero-order valence-electron chi connectivity index (χ0n) is 9.26. The minimum Gasteiger partial charge on any atom is -0.492 e. The normalized spacial score (nSPS) is 10.1. The van der Waals surface area contributed by atoms with Crippen LogP contribution in [0.25, 0.3) is 0 Å². The summed E-state index contributed by atoms with van der Waals surface area (Å²) >= 11 is 0. The molecule has 0 spiro atoms. The molecule has 84 valence electrons. The number of rotatable bonds is 5. The third-order valence-corrected chi connectivity index (χ3v) is 2.13. The maximum absolute atomic E-state index is 5.54. The van der Waals surface area contributed by atoms with E-state index in [1.54, 1.807) is 4.68 Å². The first-order valence-corrected chi connectivity index (χ1v) is 5.26. The van der Waals surface area contributed by atoms with Gasteiger partial charge >= 0.3 is 0 Å². The third kappa shape index (κ3) is 3.02. The molecule has 0 saturated heterocycles. The van der Waals surface area contributed by atoms with Crippen molar-refractivity contribution in [1.29, 1.82) is 0 Å². The van der Waals surface area contributed by atoms with Crippen LogP contribution in [-0.4, -0.2) is 22.9 Å². The van der Waals surface area contributed by atoms with Gasteiger partial charge in [-0.05, 0) is 12.1 Å². The van der Waals surface area contributed by atoms with E-state index in [0.29, 0.717) is 6.61 Å². The topological polar surface area (TPSA) is 39.1 Å². The minimum absolute atomic E-state index is 0.626. The van der Waals surface area contributed by atoms with E-state index in [4.69, 9.17) is 4.74 Å². The number of benzene rings is 1. The van der Waals surface area contributed by atoms with Crippen LogP contribution in [0, 0.1) is 0 Å². The molecular weight excluding hydrogens is 202 g/mol. The molecule has 4 nitrogen and oxygen atoms in total. The second-order valence-corrected chi connectivity index (χ2v) is 3.46. The van der Waals surface area contributed by atoms with Crippen molar-refractivity contribution >= 4 is 5.82 Å². The summed E-state index contributed by atoms with van der Waals surface area (Å²) in [5.74, 6) is 1.77. The van der Waals surface area contributed by atoms with E-state index in [9.17, 15) is 0 Å². The van der Waals surface area contributed by atoms with Crippen molar-refractivity contribution in [2.45, 2.75) is 0 Å². The van der Waals surface area contributed by atoms with Crippen LogP contribution in [0.15, 0.2) is 42.6 Å². The van der Waals surface area contributed by atoms with E-state index in [-0.39, 0.29) is 0 Å². The van der Waals surface area contributed by atoms with Gasteiger partial charge in [-0.25, -0.2) is 0 Å². The van der Waals surface area contributed by atoms with Crippen molar-refractivity contribution < 1.29 is 4.74 Å². The largest absolute Gasteiger partial charge is 0.492 e. The van der Waals surface area contributed by atoms with Crippen LogP contribution in [0.2, 0.25) is 0 Å². The van der Waals surface area contributed by atoms with Gasteiger partial charge in [0.2, 0.25) is 0 Å². The predicted molar refractivity (Wildman–Crippen MR) is 63.6 cm³/mol. The SMILES string of the molecule is Cn1ccc(NCCOc2ccccc2)n1. The maximum atomic E-state index is 5.54. The first-order chi connectivity index (χ1) is 7.84. The first-order valence-electron chi connectivity index (χ1n) is 5.26. The molecule has 1 N–H and O–H groups in total. The molecule has 0 saturated carbocycles. The van der Waals surface area contributed by atoms with Gasteiger partial charge < -0.3 is 10.1 Å². The number of ether oxygens (including phenoxy) is 1. The summed E-state index contributed by atoms with van der Waals surface area (Å²) in [6.07, 6.45) is 1.90. The lowest BCUT2D eigenvalue weighted by atomic mass is 10.3. The van der Waals surface area contributed by atoms with Gasteiger partial charge in [0.05, 0.1) is 6.54 Å². The highest BCUT2D eigenvalue weighted by atomic mass is 16.5. The molecule has 0 bridgehead atoms. The summed E-state index contributed by atoms with van der Waals surface area (Å²) in [5, 5.41) is 7.38. The summed E-state index contributed by atoms with van der Waals surface area (Å²) in [6, 6.07) is 11.7. The smallest absolute Gasteiger partial charge is 0.148 e. The van der Waals surface area contributed by atoms with E-state index in [2.05, 4.69) is 10.4 Å². The highest BCUT2D eigenvalue weighted by Gasteiger charge is 1.95. The molecule has 2 aromatic rings. The number of hydrogen-bond donors (Lipinski definition) is 1. The van der Waals surface area contributed by atoms with Crippen LogP contribution >= 0.6 is 0 Å². The Kier molecular flexibility index (Phi) is 3.43. The number of nitrogens with zero attached hydrogens (tertiary/aromatic N) is 2. The Balaban J connectivity index is 1.69. The van der Waals surface area contributed by atoms with Gasteiger partial charge in [0, 0.05) is 19.3 Å². The number of aromatic nitrogens is 2. The van der Waals surface area contributed by atoms with Crippen molar-refractivity contribution in [3.63, 3.8) is 0 Å². The van der Waals surface area contributed by atoms with Crippen molar-refractivity contribution in [3.05, 3.63) is 42.6 Å². The number of para-hydroxylation sites is 1. The lowest BCUT2D eigenvalue weighted by Crippen LogP contribution is -2.11. The Morgan fingerprint density at radius 3 is 2.75 bits per heavy atom. The van der Waals surface area contributed by atoms with Crippen LogP contribution in [0.3, 0.4) is 0 Å². The standard InChI is InChI=1S/C12H15N3O/c1-15-9-7-12(14-15)13-8-10-16-11-5-3-2-4-6-11/h2-7,9H,8,10H2,1H3,(H,13,14). The van der Waals surface area contributed by atoms with Crippen LogP contribution < -0.4 is 10.1 Å². The second-order valence-electron chi connectivity index (χ2n) is 3.46. The summed E-state index contributed by atoms with van der Waals surface area (Å²) in [7, 11) is 1.89. The van der Waals surface area contributed by atoms with E-state index in [1.807, 2.05) is 49.6 Å². The van der Waals surface area contributed by atoms with Gasteiger partial charge in [-0.15, -0.1) is 0 Å². The van der Waals surface area contributed by atoms with Crippen LogP contribution in [0.4, 0.5) is 5.82 Å². The van der Waals surface area contributed by atoms with Gasteiger partial charge in [0.25, 0.3) is 0 Å². The summed E-state index contributed by atoms with van der Waals surface area (Å²) in [5.41, 5.74) is 0. The molecule has 0 aliphatic rings. The molecule has 16 heavy (non-hydrogen) atoms. The number of nitrogens with one attached hydrogen (secondary N) is 1. The molecule has 4 heteroatoms. The fourth-order valence-corrected chi connectivity index (χ4v) is 1.37. The van der Waals surface area contributed by atoms with Crippen LogP contribution in [0.1, 0.15) is 0 Å². The molecule has 0 aliphatic heterocycles. The Bertz CT molecular complexity index is 425. The highest BCUT2D eigenvalue weighted by molar-refractivity contribution is 5.31. The van der Waals surface area contributed by atoms with Gasteiger partial charge in [0.15, 0.2) is 0 Å². The van der Waals surface area contributed by atoms with Gasteiger partial charge in [0.1, 0.15) is 18.2 Å². The van der Waals surface area contributed by atoms with Gasteiger partial charge in [-0.3, -0.25) is 4.68 Å². The summed E-state index contributed by atoms with van der Waals surface area (Å²) < 4.78 is 7.30. The Morgan fingerprint density at radius 2 is 2.06 bits per heavy atom. The van der Waals surface area contributed by atoms with Crippen molar-refractivity contribution in [2.24, 2.45) is 7.05 Å². The molecule has 2 rings (SSSR count). The van der Waals surface area contributed by atoms with Crippen LogP contribution in [0.5, 0.6) is 5.75 Å². The average molecular weight is 217 g/mol. The predicted octanol–water partition coefficient (Wildman–Crippen LogP) is 1.91. The minimum atomic E-state index is 0.626. The lowest BCUT2D eigenvalue weighted by Gasteiger charge is -2.06. The number of hydrogen-bond acceptors (Lipinski definition) is 3. The molecule has 1 aromatic carbocycles. The van der Waals surface area contributed by atoms with E-state index in [1.165, 1.54) is 0 Å².